The fourth-order valence-corrected chi connectivity index (χ4v) is 3.01. The first kappa shape index (κ1) is 28.3. The summed E-state index contributed by atoms with van der Waals surface area (Å²) in [5.74, 6) is -4.96. The van der Waals surface area contributed by atoms with Gasteiger partial charge in [0.1, 0.15) is 12.4 Å². The quantitative estimate of drug-likeness (QED) is 0.127. The summed E-state index contributed by atoms with van der Waals surface area (Å²) >= 11 is 1.88. The Morgan fingerprint density at radius 1 is 1.17 bits per heavy atom. The van der Waals surface area contributed by atoms with Crippen LogP contribution in [0.3, 0.4) is 0 Å². The van der Waals surface area contributed by atoms with E-state index in [0.717, 1.165) is 12.3 Å². The van der Waals surface area contributed by atoms with Crippen LogP contribution in [0.25, 0.3) is 0 Å². The molecule has 2 aromatic carbocycles. The van der Waals surface area contributed by atoms with Crippen molar-refractivity contribution in [3.63, 3.8) is 0 Å². The monoisotopic (exact) mass is 608 g/mol. The van der Waals surface area contributed by atoms with Gasteiger partial charge < -0.3 is 20.6 Å². The molecular formula is C22H24F3IN4O5. The van der Waals surface area contributed by atoms with Crippen molar-refractivity contribution in [3.05, 3.63) is 56.4 Å². The molecule has 35 heavy (non-hydrogen) atoms. The zero-order valence-electron chi connectivity index (χ0n) is 18.8. The van der Waals surface area contributed by atoms with Crippen molar-refractivity contribution in [1.82, 2.24) is 10.8 Å². The second-order valence-electron chi connectivity index (χ2n) is 7.28. The van der Waals surface area contributed by atoms with Crippen LogP contribution in [0, 0.1) is 26.9 Å². The van der Waals surface area contributed by atoms with Crippen molar-refractivity contribution in [2.24, 2.45) is 11.1 Å². The first-order valence-corrected chi connectivity index (χ1v) is 11.4. The number of aliphatic hydroxyl groups excluding tert-OH is 1. The number of rotatable bonds is 12. The summed E-state index contributed by atoms with van der Waals surface area (Å²) in [6.45, 7) is 2.90. The molecule has 2 rings (SSSR count). The molecule has 0 saturated carbocycles. The average molecular weight is 608 g/mol. The number of hydrogen-bond acceptors (Lipinski definition) is 7. The fourth-order valence-electron chi connectivity index (χ4n) is 2.55. The van der Waals surface area contributed by atoms with Crippen LogP contribution in [-0.2, 0) is 14.5 Å². The van der Waals surface area contributed by atoms with E-state index in [1.165, 1.54) is 18.2 Å². The first-order valence-electron chi connectivity index (χ1n) is 10.4. The standard InChI is InChI=1S/C22H24F3IN4O5/c1-12(2)21(32)27-5-7-34-28-11-13-9-15(22(33)30-35-8-6-31)20(19(25)18(13)24)29-17-4-3-14(26)10-16(17)23/h3-4,9-12,29,31H,5-8H2,1-2H3,(H,27,32)(H,30,33)/b28-11+. The van der Waals surface area contributed by atoms with Crippen molar-refractivity contribution in [2.75, 3.05) is 31.7 Å². The molecule has 0 heterocycles. The summed E-state index contributed by atoms with van der Waals surface area (Å²) < 4.78 is 44.6. The summed E-state index contributed by atoms with van der Waals surface area (Å²) in [6, 6.07) is 4.98. The molecule has 9 nitrogen and oxygen atoms in total. The van der Waals surface area contributed by atoms with Crippen molar-refractivity contribution in [3.8, 4) is 0 Å². The number of anilines is 2. The second-order valence-corrected chi connectivity index (χ2v) is 8.53. The molecule has 0 aliphatic rings. The summed E-state index contributed by atoms with van der Waals surface area (Å²) in [7, 11) is 0. The number of carbonyl (C=O) groups excluding carboxylic acids is 2. The van der Waals surface area contributed by atoms with Crippen molar-refractivity contribution >= 4 is 52.0 Å². The zero-order valence-corrected chi connectivity index (χ0v) is 21.0. The Balaban J connectivity index is 2.28. The molecule has 13 heteroatoms. The Kier molecular flexibility index (Phi) is 11.2. The van der Waals surface area contributed by atoms with E-state index >= 15 is 0 Å². The molecule has 0 bridgehead atoms. The maximum absolute atomic E-state index is 15.0. The molecule has 0 spiro atoms. The van der Waals surface area contributed by atoms with Crippen LogP contribution < -0.4 is 16.1 Å². The smallest absolute Gasteiger partial charge is 0.277 e. The lowest BCUT2D eigenvalue weighted by atomic mass is 10.1. The fraction of sp³-hybridized carbons (Fsp3) is 0.318. The maximum atomic E-state index is 15.0. The van der Waals surface area contributed by atoms with Crippen molar-refractivity contribution in [2.45, 2.75) is 13.8 Å². The van der Waals surface area contributed by atoms with Gasteiger partial charge in [-0.05, 0) is 46.9 Å². The highest BCUT2D eigenvalue weighted by atomic mass is 127. The molecule has 0 saturated heterocycles. The van der Waals surface area contributed by atoms with Gasteiger partial charge in [-0.25, -0.2) is 18.7 Å². The topological polar surface area (TPSA) is 121 Å². The molecule has 2 aromatic rings. The highest BCUT2D eigenvalue weighted by molar-refractivity contribution is 14.1. The number of halogens is 4. The number of aliphatic hydroxyl groups is 1. The largest absolute Gasteiger partial charge is 0.394 e. The molecule has 0 aliphatic heterocycles. The van der Waals surface area contributed by atoms with Crippen LogP contribution in [-0.4, -0.2) is 49.5 Å². The predicted molar refractivity (Wildman–Crippen MR) is 131 cm³/mol. The van der Waals surface area contributed by atoms with Gasteiger partial charge in [0.05, 0.1) is 42.9 Å². The second kappa shape index (κ2) is 13.8. The number of oxime groups is 1. The minimum Gasteiger partial charge on any atom is -0.394 e. The van der Waals surface area contributed by atoms with E-state index in [9.17, 15) is 22.8 Å². The van der Waals surface area contributed by atoms with E-state index in [1.54, 1.807) is 13.8 Å². The number of hydrogen-bond donors (Lipinski definition) is 4. The predicted octanol–water partition coefficient (Wildman–Crippen LogP) is 3.23. The lowest BCUT2D eigenvalue weighted by Gasteiger charge is -2.15. The SMILES string of the molecule is CC(C)C(=O)NCCO/N=C/c1cc(C(=O)NOCCO)c(Nc2ccc(I)cc2F)c(F)c1F. The van der Waals surface area contributed by atoms with Crippen LogP contribution >= 0.6 is 22.6 Å². The highest BCUT2D eigenvalue weighted by Gasteiger charge is 2.23. The van der Waals surface area contributed by atoms with E-state index in [-0.39, 0.29) is 37.3 Å². The van der Waals surface area contributed by atoms with Gasteiger partial charge in [-0.3, -0.25) is 14.4 Å². The van der Waals surface area contributed by atoms with Gasteiger partial charge in [0.15, 0.2) is 11.6 Å². The number of amides is 2. The molecule has 4 N–H and O–H groups in total. The van der Waals surface area contributed by atoms with Gasteiger partial charge in [0, 0.05) is 15.1 Å². The van der Waals surface area contributed by atoms with Crippen LogP contribution in [0.4, 0.5) is 24.5 Å². The minimum atomic E-state index is -1.47. The number of nitrogens with one attached hydrogen (secondary N) is 3. The third-order valence-electron chi connectivity index (χ3n) is 4.31. The summed E-state index contributed by atoms with van der Waals surface area (Å²) in [4.78, 5) is 33.7. The number of hydroxylamine groups is 1. The Bertz CT molecular complexity index is 1090. The van der Waals surface area contributed by atoms with Gasteiger partial charge >= 0.3 is 0 Å². The Morgan fingerprint density at radius 3 is 2.57 bits per heavy atom. The van der Waals surface area contributed by atoms with E-state index in [4.69, 9.17) is 14.8 Å². The van der Waals surface area contributed by atoms with Crippen molar-refractivity contribution in [1.29, 1.82) is 0 Å². The summed E-state index contributed by atoms with van der Waals surface area (Å²) in [5, 5.41) is 17.3. The van der Waals surface area contributed by atoms with Gasteiger partial charge in [-0.1, -0.05) is 19.0 Å². The molecular weight excluding hydrogens is 584 g/mol. The third-order valence-corrected chi connectivity index (χ3v) is 4.98. The van der Waals surface area contributed by atoms with E-state index in [0.29, 0.717) is 3.57 Å². The van der Waals surface area contributed by atoms with Gasteiger partial charge in [-0.2, -0.15) is 0 Å². The number of benzene rings is 2. The van der Waals surface area contributed by atoms with Gasteiger partial charge in [0.2, 0.25) is 5.91 Å². The molecule has 0 aromatic heterocycles. The Hall–Kier alpha value is -2.91. The summed E-state index contributed by atoms with van der Waals surface area (Å²) in [6.07, 6.45) is 0.850. The van der Waals surface area contributed by atoms with Crippen LogP contribution in [0.5, 0.6) is 0 Å². The Labute approximate surface area is 213 Å². The maximum Gasteiger partial charge on any atom is 0.277 e. The summed E-state index contributed by atoms with van der Waals surface area (Å²) in [5.41, 5.74) is 0.298. The van der Waals surface area contributed by atoms with Gasteiger partial charge in [0.25, 0.3) is 5.91 Å². The molecule has 0 unspecified atom stereocenters. The molecule has 0 atom stereocenters. The minimum absolute atomic E-state index is 0.0346. The molecule has 0 aliphatic carbocycles. The molecule has 0 radical (unpaired) electrons. The van der Waals surface area contributed by atoms with E-state index < -0.39 is 46.8 Å². The normalized spacial score (nSPS) is 11.1. The van der Waals surface area contributed by atoms with E-state index in [1.807, 2.05) is 28.1 Å². The van der Waals surface area contributed by atoms with Crippen LogP contribution in [0.2, 0.25) is 0 Å². The van der Waals surface area contributed by atoms with Crippen LogP contribution in [0.15, 0.2) is 29.4 Å². The van der Waals surface area contributed by atoms with Crippen LogP contribution in [0.1, 0.15) is 29.8 Å². The highest BCUT2D eigenvalue weighted by Crippen LogP contribution is 2.30. The average Bonchev–Trinajstić information content (AvgIpc) is 2.81. The lowest BCUT2D eigenvalue weighted by molar-refractivity contribution is -0.124. The van der Waals surface area contributed by atoms with Crippen molar-refractivity contribution < 1.29 is 37.5 Å². The van der Waals surface area contributed by atoms with E-state index in [2.05, 4.69) is 15.8 Å². The Morgan fingerprint density at radius 2 is 1.91 bits per heavy atom. The van der Waals surface area contributed by atoms with Gasteiger partial charge in [-0.15, -0.1) is 0 Å². The number of nitrogens with zero attached hydrogens (tertiary/aromatic N) is 1. The zero-order chi connectivity index (χ0) is 26.0. The lowest BCUT2D eigenvalue weighted by Crippen LogP contribution is -2.30. The molecule has 2 amide bonds. The first-order chi connectivity index (χ1) is 16.6. The molecule has 190 valence electrons. The number of carbonyl (C=O) groups is 2. The third kappa shape index (κ3) is 8.36. The molecule has 0 fully saturated rings.